The minimum absolute atomic E-state index is 0.115. The van der Waals surface area contributed by atoms with Crippen molar-refractivity contribution in [2.45, 2.75) is 6.42 Å². The molecule has 0 unspecified atom stereocenters. The predicted octanol–water partition coefficient (Wildman–Crippen LogP) is -0.630. The van der Waals surface area contributed by atoms with Crippen molar-refractivity contribution in [3.63, 3.8) is 0 Å². The van der Waals surface area contributed by atoms with E-state index in [1.807, 2.05) is 0 Å². The summed E-state index contributed by atoms with van der Waals surface area (Å²) in [6.07, 6.45) is 1.16. The minimum Gasteiger partial charge on any atom is -0.358 e. The molecule has 0 atom stereocenters. The number of nitrogens with zero attached hydrogens (tertiary/aromatic N) is 2. The van der Waals surface area contributed by atoms with E-state index in [0.717, 1.165) is 32.6 Å². The molecule has 13 heavy (non-hydrogen) atoms. The van der Waals surface area contributed by atoms with Gasteiger partial charge in [-0.3, -0.25) is 9.69 Å². The maximum absolute atomic E-state index is 11.1. The normalized spacial score (nSPS) is 21.1. The number of carbonyl (C=O) groups excluding carboxylic acids is 1. The molecule has 1 saturated heterocycles. The van der Waals surface area contributed by atoms with Crippen LogP contribution in [0.2, 0.25) is 0 Å². The van der Waals surface area contributed by atoms with E-state index in [1.54, 1.807) is 7.05 Å². The van der Waals surface area contributed by atoms with Crippen LogP contribution in [-0.4, -0.2) is 62.5 Å². The van der Waals surface area contributed by atoms with Crippen LogP contribution < -0.4 is 5.32 Å². The first-order valence-electron chi connectivity index (χ1n) is 4.84. The topological polar surface area (TPSA) is 35.6 Å². The highest BCUT2D eigenvalue weighted by Crippen LogP contribution is 1.99. The number of nitrogens with one attached hydrogen (secondary N) is 1. The monoisotopic (exact) mass is 185 g/mol. The predicted molar refractivity (Wildman–Crippen MR) is 52.6 cm³/mol. The first-order valence-corrected chi connectivity index (χ1v) is 4.84. The highest BCUT2D eigenvalue weighted by atomic mass is 16.1. The van der Waals surface area contributed by atoms with E-state index in [2.05, 4.69) is 22.2 Å². The second-order valence-corrected chi connectivity index (χ2v) is 3.61. The molecule has 0 bridgehead atoms. The van der Waals surface area contributed by atoms with E-state index in [1.165, 1.54) is 0 Å². The van der Waals surface area contributed by atoms with Gasteiger partial charge in [-0.2, -0.15) is 0 Å². The van der Waals surface area contributed by atoms with Gasteiger partial charge in [-0.1, -0.05) is 0 Å². The van der Waals surface area contributed by atoms with Gasteiger partial charge in [0.15, 0.2) is 0 Å². The summed E-state index contributed by atoms with van der Waals surface area (Å²) in [7, 11) is 3.82. The van der Waals surface area contributed by atoms with Gasteiger partial charge in [-0.05, 0) is 26.6 Å². The molecule has 0 aliphatic carbocycles. The van der Waals surface area contributed by atoms with Gasteiger partial charge in [-0.15, -0.1) is 0 Å². The fraction of sp³-hybridized carbons (Fsp3) is 0.889. The van der Waals surface area contributed by atoms with Crippen molar-refractivity contribution >= 4 is 5.91 Å². The fourth-order valence-corrected chi connectivity index (χ4v) is 1.54. The standard InChI is InChI=1S/C9H19N3O/c1-10-9(13)8-12-5-3-4-11(2)6-7-12/h3-8H2,1-2H3,(H,10,13). The molecule has 0 spiro atoms. The molecule has 0 aromatic rings. The summed E-state index contributed by atoms with van der Waals surface area (Å²) in [5.41, 5.74) is 0. The zero-order valence-electron chi connectivity index (χ0n) is 8.55. The minimum atomic E-state index is 0.115. The van der Waals surface area contributed by atoms with Crippen molar-refractivity contribution < 1.29 is 4.79 Å². The van der Waals surface area contributed by atoms with Crippen LogP contribution in [-0.2, 0) is 4.79 Å². The average molecular weight is 185 g/mol. The molecule has 0 saturated carbocycles. The molecule has 0 aromatic heterocycles. The molecule has 1 N–H and O–H groups in total. The van der Waals surface area contributed by atoms with E-state index in [4.69, 9.17) is 0 Å². The summed E-state index contributed by atoms with van der Waals surface area (Å²) in [6.45, 7) is 4.80. The summed E-state index contributed by atoms with van der Waals surface area (Å²) in [5.74, 6) is 0.115. The summed E-state index contributed by atoms with van der Waals surface area (Å²) in [6, 6.07) is 0. The lowest BCUT2D eigenvalue weighted by Gasteiger charge is -2.18. The number of carbonyl (C=O) groups is 1. The van der Waals surface area contributed by atoms with E-state index in [0.29, 0.717) is 6.54 Å². The molecule has 1 aliphatic heterocycles. The lowest BCUT2D eigenvalue weighted by Crippen LogP contribution is -2.37. The Morgan fingerprint density at radius 1 is 1.31 bits per heavy atom. The average Bonchev–Trinajstić information content (AvgIpc) is 2.31. The van der Waals surface area contributed by atoms with Crippen molar-refractivity contribution in [1.29, 1.82) is 0 Å². The van der Waals surface area contributed by atoms with E-state index in [9.17, 15) is 4.79 Å². The van der Waals surface area contributed by atoms with Crippen molar-refractivity contribution in [2.75, 3.05) is 46.8 Å². The Balaban J connectivity index is 2.29. The lowest BCUT2D eigenvalue weighted by atomic mass is 10.4. The Hall–Kier alpha value is -0.610. The van der Waals surface area contributed by atoms with Crippen LogP contribution in [0, 0.1) is 0 Å². The molecule has 1 aliphatic rings. The molecule has 0 radical (unpaired) electrons. The molecule has 76 valence electrons. The van der Waals surface area contributed by atoms with Crippen molar-refractivity contribution in [2.24, 2.45) is 0 Å². The van der Waals surface area contributed by atoms with Crippen LogP contribution in [0.25, 0.3) is 0 Å². The van der Waals surface area contributed by atoms with Gasteiger partial charge in [0.25, 0.3) is 0 Å². The van der Waals surface area contributed by atoms with Gasteiger partial charge in [0, 0.05) is 20.1 Å². The van der Waals surface area contributed by atoms with Crippen LogP contribution in [0.5, 0.6) is 0 Å². The third-order valence-electron chi connectivity index (χ3n) is 2.46. The molecule has 0 aromatic carbocycles. The summed E-state index contributed by atoms with van der Waals surface area (Å²) in [5, 5.41) is 2.65. The maximum atomic E-state index is 11.1. The van der Waals surface area contributed by atoms with Crippen LogP contribution in [0.4, 0.5) is 0 Å². The van der Waals surface area contributed by atoms with Gasteiger partial charge >= 0.3 is 0 Å². The summed E-state index contributed by atoms with van der Waals surface area (Å²) < 4.78 is 0. The molecule has 1 rings (SSSR count). The van der Waals surface area contributed by atoms with Crippen LogP contribution >= 0.6 is 0 Å². The number of hydrogen-bond donors (Lipinski definition) is 1. The Kier molecular flexibility index (Phi) is 4.18. The van der Waals surface area contributed by atoms with Gasteiger partial charge in [0.2, 0.25) is 5.91 Å². The fourth-order valence-electron chi connectivity index (χ4n) is 1.54. The Labute approximate surface area is 79.9 Å². The van der Waals surface area contributed by atoms with Crippen molar-refractivity contribution in [3.05, 3.63) is 0 Å². The third kappa shape index (κ3) is 3.74. The van der Waals surface area contributed by atoms with Gasteiger partial charge in [0.1, 0.15) is 0 Å². The SMILES string of the molecule is CNC(=O)CN1CCCN(C)CC1. The molecular weight excluding hydrogens is 166 g/mol. The second-order valence-electron chi connectivity index (χ2n) is 3.61. The van der Waals surface area contributed by atoms with Crippen LogP contribution in [0.15, 0.2) is 0 Å². The van der Waals surface area contributed by atoms with Crippen molar-refractivity contribution in [3.8, 4) is 0 Å². The van der Waals surface area contributed by atoms with E-state index < -0.39 is 0 Å². The second kappa shape index (κ2) is 5.19. The van der Waals surface area contributed by atoms with E-state index in [-0.39, 0.29) is 5.91 Å². The van der Waals surface area contributed by atoms with Crippen LogP contribution in [0.1, 0.15) is 6.42 Å². The zero-order chi connectivity index (χ0) is 9.68. The Morgan fingerprint density at radius 2 is 2.08 bits per heavy atom. The maximum Gasteiger partial charge on any atom is 0.233 e. The third-order valence-corrected chi connectivity index (χ3v) is 2.46. The molecule has 1 heterocycles. The first kappa shape index (κ1) is 10.5. The number of amides is 1. The van der Waals surface area contributed by atoms with Crippen molar-refractivity contribution in [1.82, 2.24) is 15.1 Å². The molecular formula is C9H19N3O. The molecule has 1 amide bonds. The molecule has 1 fully saturated rings. The summed E-state index contributed by atoms with van der Waals surface area (Å²) >= 11 is 0. The first-order chi connectivity index (χ1) is 6.22. The highest BCUT2D eigenvalue weighted by Gasteiger charge is 2.13. The highest BCUT2D eigenvalue weighted by molar-refractivity contribution is 5.77. The molecule has 4 heteroatoms. The van der Waals surface area contributed by atoms with Gasteiger partial charge in [0.05, 0.1) is 6.54 Å². The lowest BCUT2D eigenvalue weighted by molar-refractivity contribution is -0.121. The summed E-state index contributed by atoms with van der Waals surface area (Å²) in [4.78, 5) is 15.6. The van der Waals surface area contributed by atoms with E-state index >= 15 is 0 Å². The Morgan fingerprint density at radius 3 is 2.77 bits per heavy atom. The quantitative estimate of drug-likeness (QED) is 0.622. The number of hydrogen-bond acceptors (Lipinski definition) is 3. The Bertz CT molecular complexity index is 172. The zero-order valence-corrected chi connectivity index (χ0v) is 8.55. The largest absolute Gasteiger partial charge is 0.358 e. The number of likely N-dealkylation sites (N-methyl/N-ethyl adjacent to an activating group) is 2. The van der Waals surface area contributed by atoms with Crippen LogP contribution in [0.3, 0.4) is 0 Å². The molecule has 4 nitrogen and oxygen atoms in total. The van der Waals surface area contributed by atoms with Gasteiger partial charge in [-0.25, -0.2) is 0 Å². The number of rotatable bonds is 2. The smallest absolute Gasteiger partial charge is 0.233 e. The van der Waals surface area contributed by atoms with Gasteiger partial charge < -0.3 is 10.2 Å².